The standard InChI is InChI=1S/C14H19NO3/c1-9-4-3-5-12(15)13(9)14(16)17-8-11-7-6-10(2)18-11/h3-5,10-11H,6-8,15H2,1-2H3. The number of nitrogens with two attached hydrogens (primary N) is 1. The van der Waals surface area contributed by atoms with Gasteiger partial charge >= 0.3 is 5.97 Å². The Labute approximate surface area is 107 Å². The summed E-state index contributed by atoms with van der Waals surface area (Å²) in [5.74, 6) is -0.367. The minimum absolute atomic E-state index is 0.0224. The molecule has 0 radical (unpaired) electrons. The SMILES string of the molecule is Cc1cccc(N)c1C(=O)OCC1CCC(C)O1. The van der Waals surface area contributed by atoms with Gasteiger partial charge in [0.15, 0.2) is 0 Å². The van der Waals surface area contributed by atoms with Crippen LogP contribution in [0.4, 0.5) is 5.69 Å². The van der Waals surface area contributed by atoms with Crippen LogP contribution in [0, 0.1) is 6.92 Å². The topological polar surface area (TPSA) is 61.6 Å². The van der Waals surface area contributed by atoms with E-state index in [9.17, 15) is 4.79 Å². The summed E-state index contributed by atoms with van der Waals surface area (Å²) in [6.45, 7) is 4.18. The Morgan fingerprint density at radius 2 is 2.28 bits per heavy atom. The van der Waals surface area contributed by atoms with E-state index in [0.29, 0.717) is 17.9 Å². The number of hydrogen-bond donors (Lipinski definition) is 1. The Hall–Kier alpha value is -1.55. The van der Waals surface area contributed by atoms with Crippen molar-refractivity contribution in [3.05, 3.63) is 29.3 Å². The summed E-state index contributed by atoms with van der Waals surface area (Å²) in [5, 5.41) is 0. The summed E-state index contributed by atoms with van der Waals surface area (Å²) < 4.78 is 10.9. The van der Waals surface area contributed by atoms with Gasteiger partial charge in [-0.3, -0.25) is 0 Å². The van der Waals surface area contributed by atoms with Crippen LogP contribution in [0.15, 0.2) is 18.2 Å². The molecular weight excluding hydrogens is 230 g/mol. The van der Waals surface area contributed by atoms with Gasteiger partial charge in [0.2, 0.25) is 0 Å². The Morgan fingerprint density at radius 1 is 1.50 bits per heavy atom. The van der Waals surface area contributed by atoms with Crippen LogP contribution in [0.5, 0.6) is 0 Å². The van der Waals surface area contributed by atoms with E-state index in [1.165, 1.54) is 0 Å². The molecule has 98 valence electrons. The van der Waals surface area contributed by atoms with Gasteiger partial charge in [-0.05, 0) is 38.3 Å². The van der Waals surface area contributed by atoms with E-state index in [-0.39, 0.29) is 18.2 Å². The molecule has 1 heterocycles. The highest BCUT2D eigenvalue weighted by atomic mass is 16.6. The monoisotopic (exact) mass is 249 g/mol. The first-order chi connectivity index (χ1) is 8.58. The molecule has 1 saturated heterocycles. The molecule has 4 nitrogen and oxygen atoms in total. The number of carbonyl (C=O) groups is 1. The van der Waals surface area contributed by atoms with Gasteiger partial charge in [0.25, 0.3) is 0 Å². The molecule has 1 fully saturated rings. The van der Waals surface area contributed by atoms with Crippen molar-refractivity contribution in [1.29, 1.82) is 0 Å². The number of aryl methyl sites for hydroxylation is 1. The number of benzene rings is 1. The average molecular weight is 249 g/mol. The molecule has 1 aromatic rings. The minimum Gasteiger partial charge on any atom is -0.459 e. The normalized spacial score (nSPS) is 23.0. The highest BCUT2D eigenvalue weighted by molar-refractivity contribution is 5.96. The second-order valence-electron chi connectivity index (χ2n) is 4.78. The van der Waals surface area contributed by atoms with E-state index >= 15 is 0 Å². The first-order valence-electron chi connectivity index (χ1n) is 6.25. The van der Waals surface area contributed by atoms with Gasteiger partial charge in [-0.2, -0.15) is 0 Å². The zero-order chi connectivity index (χ0) is 13.1. The van der Waals surface area contributed by atoms with Crippen LogP contribution in [-0.4, -0.2) is 24.8 Å². The second kappa shape index (κ2) is 5.40. The molecule has 0 bridgehead atoms. The third-order valence-electron chi connectivity index (χ3n) is 3.23. The highest BCUT2D eigenvalue weighted by Crippen LogP contribution is 2.21. The molecule has 2 unspecified atom stereocenters. The van der Waals surface area contributed by atoms with Gasteiger partial charge < -0.3 is 15.2 Å². The molecular formula is C14H19NO3. The summed E-state index contributed by atoms with van der Waals surface area (Å²) >= 11 is 0. The molecule has 0 spiro atoms. The molecule has 0 amide bonds. The van der Waals surface area contributed by atoms with Crippen molar-refractivity contribution < 1.29 is 14.3 Å². The van der Waals surface area contributed by atoms with Gasteiger partial charge in [0.1, 0.15) is 6.61 Å². The zero-order valence-corrected chi connectivity index (χ0v) is 10.8. The lowest BCUT2D eigenvalue weighted by atomic mass is 10.1. The zero-order valence-electron chi connectivity index (χ0n) is 10.8. The number of anilines is 1. The maximum atomic E-state index is 12.0. The molecule has 1 aromatic carbocycles. The third kappa shape index (κ3) is 2.82. The van der Waals surface area contributed by atoms with Crippen LogP contribution >= 0.6 is 0 Å². The maximum absolute atomic E-state index is 12.0. The maximum Gasteiger partial charge on any atom is 0.340 e. The number of rotatable bonds is 3. The molecule has 1 aliphatic heterocycles. The van der Waals surface area contributed by atoms with Crippen molar-refractivity contribution in [2.24, 2.45) is 0 Å². The van der Waals surface area contributed by atoms with E-state index in [1.54, 1.807) is 6.07 Å². The van der Waals surface area contributed by atoms with E-state index in [0.717, 1.165) is 18.4 Å². The van der Waals surface area contributed by atoms with E-state index in [2.05, 4.69) is 0 Å². The minimum atomic E-state index is -0.367. The van der Waals surface area contributed by atoms with E-state index in [4.69, 9.17) is 15.2 Å². The summed E-state index contributed by atoms with van der Waals surface area (Å²) in [6, 6.07) is 5.38. The number of hydrogen-bond acceptors (Lipinski definition) is 4. The summed E-state index contributed by atoms with van der Waals surface area (Å²) in [6.07, 6.45) is 2.25. The molecule has 2 N–H and O–H groups in total. The Morgan fingerprint density at radius 3 is 2.89 bits per heavy atom. The molecule has 4 heteroatoms. The number of esters is 1. The predicted octanol–water partition coefficient (Wildman–Crippen LogP) is 2.30. The molecule has 18 heavy (non-hydrogen) atoms. The van der Waals surface area contributed by atoms with Crippen LogP contribution in [0.25, 0.3) is 0 Å². The van der Waals surface area contributed by atoms with E-state index < -0.39 is 0 Å². The fourth-order valence-electron chi connectivity index (χ4n) is 2.22. The summed E-state index contributed by atoms with van der Waals surface area (Å²) in [4.78, 5) is 12.0. The summed E-state index contributed by atoms with van der Waals surface area (Å²) in [5.41, 5.74) is 7.55. The molecule has 1 aliphatic rings. The Balaban J connectivity index is 1.96. The van der Waals surface area contributed by atoms with Crippen molar-refractivity contribution in [2.75, 3.05) is 12.3 Å². The van der Waals surface area contributed by atoms with Crippen LogP contribution in [0.2, 0.25) is 0 Å². The van der Waals surface area contributed by atoms with Crippen molar-refractivity contribution in [3.63, 3.8) is 0 Å². The fraction of sp³-hybridized carbons (Fsp3) is 0.500. The number of ether oxygens (including phenoxy) is 2. The lowest BCUT2D eigenvalue weighted by Gasteiger charge is -2.13. The quantitative estimate of drug-likeness (QED) is 0.659. The van der Waals surface area contributed by atoms with Crippen molar-refractivity contribution in [3.8, 4) is 0 Å². The molecule has 2 atom stereocenters. The van der Waals surface area contributed by atoms with Gasteiger partial charge in [-0.25, -0.2) is 4.79 Å². The first-order valence-corrected chi connectivity index (χ1v) is 6.25. The van der Waals surface area contributed by atoms with Crippen LogP contribution in [0.1, 0.15) is 35.7 Å². The van der Waals surface area contributed by atoms with Crippen molar-refractivity contribution in [1.82, 2.24) is 0 Å². The first kappa shape index (κ1) is 12.9. The van der Waals surface area contributed by atoms with Gasteiger partial charge in [0, 0.05) is 5.69 Å². The Kier molecular flexibility index (Phi) is 3.87. The largest absolute Gasteiger partial charge is 0.459 e. The number of nitrogen functional groups attached to an aromatic ring is 1. The molecule has 0 saturated carbocycles. The van der Waals surface area contributed by atoms with Gasteiger partial charge in [0.05, 0.1) is 17.8 Å². The lowest BCUT2D eigenvalue weighted by molar-refractivity contribution is -0.00264. The molecule has 0 aliphatic carbocycles. The summed E-state index contributed by atoms with van der Waals surface area (Å²) in [7, 11) is 0. The van der Waals surface area contributed by atoms with Crippen molar-refractivity contribution >= 4 is 11.7 Å². The van der Waals surface area contributed by atoms with E-state index in [1.807, 2.05) is 26.0 Å². The van der Waals surface area contributed by atoms with Crippen LogP contribution < -0.4 is 5.73 Å². The van der Waals surface area contributed by atoms with Gasteiger partial charge in [-0.1, -0.05) is 12.1 Å². The smallest absolute Gasteiger partial charge is 0.340 e. The van der Waals surface area contributed by atoms with Crippen LogP contribution in [-0.2, 0) is 9.47 Å². The van der Waals surface area contributed by atoms with Crippen molar-refractivity contribution in [2.45, 2.75) is 38.9 Å². The third-order valence-corrected chi connectivity index (χ3v) is 3.23. The van der Waals surface area contributed by atoms with Crippen LogP contribution in [0.3, 0.4) is 0 Å². The average Bonchev–Trinajstić information content (AvgIpc) is 2.72. The second-order valence-corrected chi connectivity index (χ2v) is 4.78. The fourth-order valence-corrected chi connectivity index (χ4v) is 2.22. The lowest BCUT2D eigenvalue weighted by Crippen LogP contribution is -2.20. The Bertz CT molecular complexity index is 424. The van der Waals surface area contributed by atoms with Gasteiger partial charge in [-0.15, -0.1) is 0 Å². The molecule has 0 aromatic heterocycles. The number of carbonyl (C=O) groups excluding carboxylic acids is 1. The molecule has 2 rings (SSSR count). The highest BCUT2D eigenvalue weighted by Gasteiger charge is 2.24. The predicted molar refractivity (Wildman–Crippen MR) is 69.4 cm³/mol.